The van der Waals surface area contributed by atoms with E-state index in [4.69, 9.17) is 0 Å². The third-order valence-electron chi connectivity index (χ3n) is 2.42. The van der Waals surface area contributed by atoms with Crippen LogP contribution in [0.2, 0.25) is 0 Å². The van der Waals surface area contributed by atoms with Crippen molar-refractivity contribution < 1.29 is 15.0 Å². The van der Waals surface area contributed by atoms with Crippen LogP contribution < -0.4 is 0 Å². The zero-order chi connectivity index (χ0) is 15.0. The van der Waals surface area contributed by atoms with Crippen molar-refractivity contribution >= 4 is 5.78 Å². The Bertz CT molecular complexity index is 504. The molecule has 0 amide bonds. The van der Waals surface area contributed by atoms with Crippen molar-refractivity contribution in [3.05, 3.63) is 71.8 Å². The first-order valence-corrected chi connectivity index (χ1v) is 6.50. The van der Waals surface area contributed by atoms with Crippen LogP contribution in [0, 0.1) is 0 Å². The van der Waals surface area contributed by atoms with Gasteiger partial charge in [-0.05, 0) is 19.4 Å². The Morgan fingerprint density at radius 2 is 1.30 bits per heavy atom. The van der Waals surface area contributed by atoms with Gasteiger partial charge in [-0.25, -0.2) is 5.11 Å². The first kappa shape index (κ1) is 16.1. The van der Waals surface area contributed by atoms with E-state index < -0.39 is 12.2 Å². The van der Waals surface area contributed by atoms with E-state index in [1.54, 1.807) is 62.4 Å². The van der Waals surface area contributed by atoms with E-state index in [9.17, 15) is 15.0 Å². The average molecular weight is 271 g/mol. The fourth-order valence-corrected chi connectivity index (χ4v) is 1.55. The molecule has 0 aliphatic carbocycles. The predicted octanol–water partition coefficient (Wildman–Crippen LogP) is 3.43. The van der Waals surface area contributed by atoms with Gasteiger partial charge >= 0.3 is 0 Å². The van der Waals surface area contributed by atoms with Crippen LogP contribution in [0.15, 0.2) is 60.7 Å². The van der Waals surface area contributed by atoms with E-state index in [2.05, 4.69) is 0 Å². The Hall–Kier alpha value is -1.97. The van der Waals surface area contributed by atoms with E-state index >= 15 is 0 Å². The lowest BCUT2D eigenvalue weighted by Gasteiger charge is -2.09. The average Bonchev–Trinajstić information content (AvgIpc) is 2.47. The summed E-state index contributed by atoms with van der Waals surface area (Å²) in [5, 5.41) is 19.4. The van der Waals surface area contributed by atoms with Crippen molar-refractivity contribution in [1.82, 2.24) is 0 Å². The lowest BCUT2D eigenvalue weighted by Crippen LogP contribution is -2.11. The van der Waals surface area contributed by atoms with Crippen LogP contribution in [-0.4, -0.2) is 17.0 Å². The summed E-state index contributed by atoms with van der Waals surface area (Å²) < 4.78 is 0. The largest absolute Gasteiger partial charge is 0.380 e. The standard InChI is InChI=1S/C14H12O2.C3H7O/c15-13(11-7-3-1-4-8-11)14(16)12-9-5-2-6-10-12;1-3(2)4/h1-10,13,15H;3H,1-2H3. The molecular formula is C17H19O3. The van der Waals surface area contributed by atoms with E-state index in [1.165, 1.54) is 0 Å². The zero-order valence-corrected chi connectivity index (χ0v) is 11.7. The van der Waals surface area contributed by atoms with Crippen molar-refractivity contribution in [2.45, 2.75) is 26.1 Å². The Balaban J connectivity index is 0.000000444. The quantitative estimate of drug-likeness (QED) is 0.869. The molecule has 0 aromatic heterocycles. The van der Waals surface area contributed by atoms with Gasteiger partial charge in [-0.1, -0.05) is 60.7 Å². The second kappa shape index (κ2) is 8.25. The molecule has 105 valence electrons. The number of rotatable bonds is 3. The van der Waals surface area contributed by atoms with Gasteiger partial charge < -0.3 is 5.11 Å². The van der Waals surface area contributed by atoms with Gasteiger partial charge in [0.15, 0.2) is 5.78 Å². The van der Waals surface area contributed by atoms with Crippen LogP contribution in [0.25, 0.3) is 0 Å². The zero-order valence-electron chi connectivity index (χ0n) is 11.7. The third kappa shape index (κ3) is 5.34. The molecule has 1 N–H and O–H groups in total. The minimum Gasteiger partial charge on any atom is -0.380 e. The maximum Gasteiger partial charge on any atom is 0.195 e. The topological polar surface area (TPSA) is 57.2 Å². The highest BCUT2D eigenvalue weighted by Gasteiger charge is 2.18. The van der Waals surface area contributed by atoms with Gasteiger partial charge in [0.1, 0.15) is 6.10 Å². The molecule has 2 aromatic rings. The fourth-order valence-electron chi connectivity index (χ4n) is 1.55. The molecule has 3 nitrogen and oxygen atoms in total. The Morgan fingerprint density at radius 3 is 1.75 bits per heavy atom. The summed E-state index contributed by atoms with van der Waals surface area (Å²) in [6.07, 6.45) is -1.50. The molecule has 1 unspecified atom stereocenters. The van der Waals surface area contributed by atoms with Gasteiger partial charge in [0.25, 0.3) is 0 Å². The molecule has 2 aromatic carbocycles. The maximum absolute atomic E-state index is 11.9. The first-order valence-electron chi connectivity index (χ1n) is 6.50. The van der Waals surface area contributed by atoms with Gasteiger partial charge in [-0.2, -0.15) is 0 Å². The van der Waals surface area contributed by atoms with Gasteiger partial charge in [0, 0.05) is 5.56 Å². The number of Topliss-reactive ketones (excluding diaryl/α,β-unsaturated/α-hetero) is 1. The van der Waals surface area contributed by atoms with Gasteiger partial charge in [0.05, 0.1) is 6.10 Å². The number of aliphatic hydroxyl groups is 1. The van der Waals surface area contributed by atoms with Crippen molar-refractivity contribution in [2.75, 3.05) is 0 Å². The number of carbonyl (C=O) groups is 1. The van der Waals surface area contributed by atoms with Crippen LogP contribution in [0.4, 0.5) is 0 Å². The summed E-state index contributed by atoms with van der Waals surface area (Å²) in [4.78, 5) is 11.9. The van der Waals surface area contributed by atoms with Crippen LogP contribution >= 0.6 is 0 Å². The molecule has 0 bridgehead atoms. The highest BCUT2D eigenvalue weighted by Crippen LogP contribution is 2.17. The van der Waals surface area contributed by atoms with Gasteiger partial charge in [-0.15, -0.1) is 0 Å². The third-order valence-corrected chi connectivity index (χ3v) is 2.42. The Labute approximate surface area is 119 Å². The van der Waals surface area contributed by atoms with Crippen molar-refractivity contribution in [3.63, 3.8) is 0 Å². The highest BCUT2D eigenvalue weighted by atomic mass is 16.3. The monoisotopic (exact) mass is 271 g/mol. The summed E-state index contributed by atoms with van der Waals surface area (Å²) in [5.41, 5.74) is 1.15. The summed E-state index contributed by atoms with van der Waals surface area (Å²) in [7, 11) is 0. The normalized spacial score (nSPS) is 11.4. The summed E-state index contributed by atoms with van der Waals surface area (Å²) in [5.74, 6) is -0.271. The molecule has 1 radical (unpaired) electrons. The number of benzene rings is 2. The number of hydrogen-bond donors (Lipinski definition) is 1. The van der Waals surface area contributed by atoms with Crippen LogP contribution in [-0.2, 0) is 5.11 Å². The molecule has 3 heteroatoms. The molecule has 0 spiro atoms. The highest BCUT2D eigenvalue weighted by molar-refractivity contribution is 5.99. The van der Waals surface area contributed by atoms with Gasteiger partial charge in [-0.3, -0.25) is 4.79 Å². The molecule has 0 saturated carbocycles. The molecule has 1 atom stereocenters. The minimum atomic E-state index is -1.08. The minimum absolute atomic E-state index is 0.271. The number of aliphatic hydroxyl groups excluding tert-OH is 1. The lowest BCUT2D eigenvalue weighted by atomic mass is 10.0. The number of ketones is 1. The van der Waals surface area contributed by atoms with E-state index in [0.29, 0.717) is 11.1 Å². The molecule has 20 heavy (non-hydrogen) atoms. The summed E-state index contributed by atoms with van der Waals surface area (Å²) in [6, 6.07) is 17.7. The summed E-state index contributed by atoms with van der Waals surface area (Å²) >= 11 is 0. The molecule has 0 saturated heterocycles. The predicted molar refractivity (Wildman–Crippen MR) is 78.0 cm³/mol. The second-order valence-corrected chi connectivity index (χ2v) is 4.59. The molecule has 0 heterocycles. The molecule has 0 aliphatic rings. The van der Waals surface area contributed by atoms with E-state index in [1.807, 2.05) is 12.1 Å². The number of carbonyl (C=O) groups excluding carboxylic acids is 1. The second-order valence-electron chi connectivity index (χ2n) is 4.59. The smallest absolute Gasteiger partial charge is 0.195 e. The number of hydrogen-bond acceptors (Lipinski definition) is 2. The lowest BCUT2D eigenvalue weighted by molar-refractivity contribution is 0.0747. The van der Waals surface area contributed by atoms with Crippen LogP contribution in [0.5, 0.6) is 0 Å². The fraction of sp³-hybridized carbons (Fsp3) is 0.235. The van der Waals surface area contributed by atoms with E-state index in [-0.39, 0.29) is 5.78 Å². The molecule has 2 rings (SSSR count). The Kier molecular flexibility index (Phi) is 6.64. The molecule has 0 aliphatic heterocycles. The van der Waals surface area contributed by atoms with Crippen LogP contribution in [0.1, 0.15) is 35.9 Å². The van der Waals surface area contributed by atoms with Crippen molar-refractivity contribution in [3.8, 4) is 0 Å². The van der Waals surface area contributed by atoms with Crippen molar-refractivity contribution in [1.29, 1.82) is 0 Å². The SMILES string of the molecule is CC(C)[O].O=C(c1ccccc1)C(O)c1ccccc1. The summed E-state index contributed by atoms with van der Waals surface area (Å²) in [6.45, 7) is 3.22. The first-order chi connectivity index (χ1) is 9.52. The van der Waals surface area contributed by atoms with Crippen LogP contribution in [0.3, 0.4) is 0 Å². The molecule has 0 fully saturated rings. The van der Waals surface area contributed by atoms with E-state index in [0.717, 1.165) is 0 Å². The van der Waals surface area contributed by atoms with Crippen molar-refractivity contribution in [2.24, 2.45) is 0 Å². The Morgan fingerprint density at radius 1 is 0.900 bits per heavy atom. The maximum atomic E-state index is 11.9. The van der Waals surface area contributed by atoms with Gasteiger partial charge in [0.2, 0.25) is 0 Å². The molecular weight excluding hydrogens is 252 g/mol.